The van der Waals surface area contributed by atoms with Gasteiger partial charge in [0.15, 0.2) is 0 Å². The van der Waals surface area contributed by atoms with Crippen LogP contribution in [0.25, 0.3) is 0 Å². The van der Waals surface area contributed by atoms with E-state index in [1.54, 1.807) is 12.0 Å². The lowest BCUT2D eigenvalue weighted by atomic mass is 10.1. The molecule has 1 heterocycles. The zero-order valence-electron chi connectivity index (χ0n) is 15.1. The highest BCUT2D eigenvalue weighted by molar-refractivity contribution is 5.89. The monoisotopic (exact) mass is 340 g/mol. The smallest absolute Gasteiger partial charge is 0.322 e. The lowest BCUT2D eigenvalue weighted by Crippen LogP contribution is -2.44. The molecule has 0 unspecified atom stereocenters. The second kappa shape index (κ2) is 6.67. The predicted molar refractivity (Wildman–Crippen MR) is 98.3 cm³/mol. The van der Waals surface area contributed by atoms with Crippen molar-refractivity contribution in [3.63, 3.8) is 0 Å². The molecule has 1 aliphatic heterocycles. The normalized spacial score (nSPS) is 15.6. The van der Waals surface area contributed by atoms with Crippen molar-refractivity contribution < 1.29 is 14.3 Å². The Labute approximate surface area is 148 Å². The first kappa shape index (κ1) is 17.1. The summed E-state index contributed by atoms with van der Waals surface area (Å²) in [7, 11) is 1.63. The zero-order chi connectivity index (χ0) is 18.0. The molecule has 0 atom stereocenters. The summed E-state index contributed by atoms with van der Waals surface area (Å²) in [5.41, 5.74) is 2.41. The van der Waals surface area contributed by atoms with Crippen LogP contribution >= 0.6 is 0 Å². The van der Waals surface area contributed by atoms with E-state index in [1.807, 2.05) is 63.2 Å². The maximum atomic E-state index is 12.8. The number of amides is 2. The van der Waals surface area contributed by atoms with Gasteiger partial charge in [0.1, 0.15) is 17.1 Å². The van der Waals surface area contributed by atoms with Gasteiger partial charge in [-0.25, -0.2) is 4.79 Å². The number of rotatable bonds is 2. The fourth-order valence-corrected chi connectivity index (χ4v) is 2.92. The average molecular weight is 340 g/mol. The van der Waals surface area contributed by atoms with Crippen LogP contribution in [0.2, 0.25) is 0 Å². The second-order valence-corrected chi connectivity index (χ2v) is 6.99. The van der Waals surface area contributed by atoms with E-state index in [0.717, 1.165) is 28.3 Å². The van der Waals surface area contributed by atoms with E-state index in [0.29, 0.717) is 13.1 Å². The van der Waals surface area contributed by atoms with Gasteiger partial charge in [-0.05, 0) is 45.0 Å². The van der Waals surface area contributed by atoms with Crippen LogP contribution < -0.4 is 14.8 Å². The molecule has 1 aliphatic rings. The number of nitrogens with one attached hydrogen (secondary N) is 1. The van der Waals surface area contributed by atoms with Gasteiger partial charge in [-0.15, -0.1) is 0 Å². The molecule has 25 heavy (non-hydrogen) atoms. The first-order valence-electron chi connectivity index (χ1n) is 8.35. The van der Waals surface area contributed by atoms with Crippen LogP contribution in [-0.4, -0.2) is 30.2 Å². The number of carbonyl (C=O) groups excluding carboxylic acids is 1. The largest absolute Gasteiger partial charge is 0.497 e. The number of fused-ring (bicyclic) bond motifs is 1. The van der Waals surface area contributed by atoms with Gasteiger partial charge in [0.25, 0.3) is 0 Å². The van der Waals surface area contributed by atoms with Crippen molar-refractivity contribution in [2.24, 2.45) is 0 Å². The minimum Gasteiger partial charge on any atom is -0.497 e. The molecule has 1 N–H and O–H groups in total. The molecule has 3 rings (SSSR count). The third-order valence-electron chi connectivity index (χ3n) is 4.18. The Bertz CT molecular complexity index is 769. The number of urea groups is 1. The first-order chi connectivity index (χ1) is 11.9. The quantitative estimate of drug-likeness (QED) is 0.891. The summed E-state index contributed by atoms with van der Waals surface area (Å²) in [5, 5.41) is 2.96. The molecule has 0 aromatic heterocycles. The number of aryl methyl sites for hydroxylation is 1. The number of nitrogens with zero attached hydrogens (tertiary/aromatic N) is 1. The molecule has 2 amide bonds. The number of benzene rings is 2. The van der Waals surface area contributed by atoms with Crippen LogP contribution in [0.15, 0.2) is 42.5 Å². The zero-order valence-corrected chi connectivity index (χ0v) is 15.1. The molecule has 0 spiro atoms. The van der Waals surface area contributed by atoms with Crippen molar-refractivity contribution >= 4 is 11.7 Å². The molecule has 5 heteroatoms. The van der Waals surface area contributed by atoms with E-state index < -0.39 is 5.60 Å². The van der Waals surface area contributed by atoms with Crippen molar-refractivity contribution in [2.75, 3.05) is 19.0 Å². The van der Waals surface area contributed by atoms with Crippen LogP contribution in [0.1, 0.15) is 25.0 Å². The van der Waals surface area contributed by atoms with Crippen molar-refractivity contribution in [1.82, 2.24) is 4.90 Å². The van der Waals surface area contributed by atoms with Gasteiger partial charge < -0.3 is 19.7 Å². The Morgan fingerprint density at radius 2 is 1.92 bits per heavy atom. The van der Waals surface area contributed by atoms with Gasteiger partial charge in [-0.3, -0.25) is 0 Å². The van der Waals surface area contributed by atoms with E-state index in [9.17, 15) is 4.79 Å². The van der Waals surface area contributed by atoms with Gasteiger partial charge in [0.2, 0.25) is 0 Å². The van der Waals surface area contributed by atoms with E-state index in [1.165, 1.54) is 0 Å². The second-order valence-electron chi connectivity index (χ2n) is 6.99. The summed E-state index contributed by atoms with van der Waals surface area (Å²) >= 11 is 0. The molecule has 0 radical (unpaired) electrons. The standard InChI is InChI=1S/C20H24N2O3/c1-14-5-8-16(9-6-14)21-19(23)22-12-15-7-10-17(24-4)11-18(15)25-20(2,3)13-22/h5-11H,12-13H2,1-4H3,(H,21,23). The lowest BCUT2D eigenvalue weighted by molar-refractivity contribution is 0.0833. The third-order valence-corrected chi connectivity index (χ3v) is 4.18. The van der Waals surface area contributed by atoms with E-state index in [2.05, 4.69) is 5.32 Å². The molecule has 0 saturated heterocycles. The minimum atomic E-state index is -0.498. The molecular formula is C20H24N2O3. The maximum Gasteiger partial charge on any atom is 0.322 e. The highest BCUT2D eigenvalue weighted by atomic mass is 16.5. The van der Waals surface area contributed by atoms with Crippen molar-refractivity contribution in [3.8, 4) is 11.5 Å². The van der Waals surface area contributed by atoms with Gasteiger partial charge in [-0.1, -0.05) is 17.7 Å². The average Bonchev–Trinajstić information content (AvgIpc) is 2.70. The molecule has 0 saturated carbocycles. The Kier molecular flexibility index (Phi) is 4.57. The van der Waals surface area contributed by atoms with E-state index in [-0.39, 0.29) is 6.03 Å². The highest BCUT2D eigenvalue weighted by Gasteiger charge is 2.31. The van der Waals surface area contributed by atoms with Crippen molar-refractivity contribution in [2.45, 2.75) is 32.9 Å². The van der Waals surface area contributed by atoms with Crippen molar-refractivity contribution in [3.05, 3.63) is 53.6 Å². The summed E-state index contributed by atoms with van der Waals surface area (Å²) in [4.78, 5) is 14.5. The molecule has 2 aromatic rings. The van der Waals surface area contributed by atoms with Crippen LogP contribution in [0, 0.1) is 6.92 Å². The van der Waals surface area contributed by atoms with E-state index >= 15 is 0 Å². The summed E-state index contributed by atoms with van der Waals surface area (Å²) < 4.78 is 11.4. The summed E-state index contributed by atoms with van der Waals surface area (Å²) in [6.45, 7) is 6.95. The number of hydrogen-bond acceptors (Lipinski definition) is 3. The van der Waals surface area contributed by atoms with Crippen LogP contribution in [0.3, 0.4) is 0 Å². The highest BCUT2D eigenvalue weighted by Crippen LogP contribution is 2.32. The molecular weight excluding hydrogens is 316 g/mol. The van der Waals surface area contributed by atoms with Crippen molar-refractivity contribution in [1.29, 1.82) is 0 Å². The topological polar surface area (TPSA) is 50.8 Å². The fourth-order valence-electron chi connectivity index (χ4n) is 2.92. The predicted octanol–water partition coefficient (Wildman–Crippen LogP) is 4.21. The number of ether oxygens (including phenoxy) is 2. The fraction of sp³-hybridized carbons (Fsp3) is 0.350. The Balaban J connectivity index is 1.83. The Morgan fingerprint density at radius 1 is 1.20 bits per heavy atom. The number of hydrogen-bond donors (Lipinski definition) is 1. The lowest BCUT2D eigenvalue weighted by Gasteiger charge is -2.29. The molecule has 132 valence electrons. The Hall–Kier alpha value is -2.69. The van der Waals surface area contributed by atoms with Gasteiger partial charge in [0.05, 0.1) is 20.2 Å². The minimum absolute atomic E-state index is 0.135. The van der Waals surface area contributed by atoms with Crippen LogP contribution in [0.4, 0.5) is 10.5 Å². The van der Waals surface area contributed by atoms with Gasteiger partial charge in [0, 0.05) is 17.3 Å². The number of anilines is 1. The number of methoxy groups -OCH3 is 1. The summed E-state index contributed by atoms with van der Waals surface area (Å²) in [5.74, 6) is 1.50. The number of carbonyl (C=O) groups is 1. The van der Waals surface area contributed by atoms with Gasteiger partial charge >= 0.3 is 6.03 Å². The first-order valence-corrected chi connectivity index (χ1v) is 8.35. The third kappa shape index (κ3) is 4.05. The van der Waals surface area contributed by atoms with E-state index in [4.69, 9.17) is 9.47 Å². The SMILES string of the molecule is COc1ccc2c(c1)OC(C)(C)CN(C(=O)Nc1ccc(C)cc1)C2. The van der Waals surface area contributed by atoms with Crippen LogP contribution in [0.5, 0.6) is 11.5 Å². The maximum absolute atomic E-state index is 12.8. The molecule has 2 aromatic carbocycles. The summed E-state index contributed by atoms with van der Waals surface area (Å²) in [6.07, 6.45) is 0. The Morgan fingerprint density at radius 3 is 2.60 bits per heavy atom. The summed E-state index contributed by atoms with van der Waals surface area (Å²) in [6, 6.07) is 13.3. The molecule has 0 fully saturated rings. The molecule has 0 bridgehead atoms. The molecule has 5 nitrogen and oxygen atoms in total. The van der Waals surface area contributed by atoms with Gasteiger partial charge in [-0.2, -0.15) is 0 Å². The van der Waals surface area contributed by atoms with Crippen LogP contribution in [-0.2, 0) is 6.54 Å². The molecule has 0 aliphatic carbocycles.